The predicted octanol–water partition coefficient (Wildman–Crippen LogP) is 8.45. The van der Waals surface area contributed by atoms with Crippen LogP contribution in [0.15, 0.2) is 58.8 Å². The number of nitrogens with one attached hydrogen (secondary N) is 2. The van der Waals surface area contributed by atoms with Gasteiger partial charge in [-0.1, -0.05) is 65.8 Å². The normalized spacial score (nSPS) is 22.4. The highest BCUT2D eigenvalue weighted by Gasteiger charge is 2.63. The van der Waals surface area contributed by atoms with Crippen LogP contribution >= 0.6 is 0 Å². The maximum atomic E-state index is 16.2. The van der Waals surface area contributed by atoms with Gasteiger partial charge in [0.15, 0.2) is 0 Å². The summed E-state index contributed by atoms with van der Waals surface area (Å²) >= 11 is 0. The van der Waals surface area contributed by atoms with Crippen LogP contribution in [0.5, 0.6) is 0 Å². The van der Waals surface area contributed by atoms with E-state index in [4.69, 9.17) is 9.47 Å². The molecule has 4 aliphatic heterocycles. The molecule has 2 aromatic rings. The number of alkyl halides is 4. The van der Waals surface area contributed by atoms with Gasteiger partial charge in [0.1, 0.15) is 12.1 Å². The van der Waals surface area contributed by atoms with Crippen molar-refractivity contribution in [2.45, 2.75) is 116 Å². The summed E-state index contributed by atoms with van der Waals surface area (Å²) in [6.07, 6.45) is 4.71. The highest BCUT2D eigenvalue weighted by Crippen LogP contribution is 2.58. The largest absolute Gasteiger partial charge is 0.453 e. The number of ether oxygens (including phenoxy) is 2. The van der Waals surface area contributed by atoms with Gasteiger partial charge >= 0.3 is 24.0 Å². The average Bonchev–Trinajstić information content (AvgIpc) is 4.06. The van der Waals surface area contributed by atoms with Gasteiger partial charge in [-0.25, -0.2) is 9.59 Å². The molecule has 62 heavy (non-hydrogen) atoms. The SMILES string of the molecule is COC(=O)N[C@H](C(=O)N1CCCC1C1=NC=C(c2ccc3c(c2)C(F)(F)C(F)(F)c2cc(C4=CN=C([C@@H]5CCCN5C(=O)[C@@H](NC(=O)OC)C(C)(C)C)C4)ccc2-3)C1)C(C)(C)C. The van der Waals surface area contributed by atoms with E-state index in [2.05, 4.69) is 20.6 Å². The first kappa shape index (κ1) is 44.5. The van der Waals surface area contributed by atoms with Crippen molar-refractivity contribution in [2.75, 3.05) is 27.3 Å². The van der Waals surface area contributed by atoms with Gasteiger partial charge in [-0.2, -0.15) is 17.6 Å². The van der Waals surface area contributed by atoms with E-state index in [0.717, 1.165) is 12.1 Å². The van der Waals surface area contributed by atoms with Gasteiger partial charge in [-0.15, -0.1) is 0 Å². The third kappa shape index (κ3) is 8.00. The monoisotopic (exact) mass is 862 g/mol. The minimum absolute atomic E-state index is 0.00345. The molecule has 0 spiro atoms. The lowest BCUT2D eigenvalue weighted by Gasteiger charge is -2.36. The van der Waals surface area contributed by atoms with Crippen LogP contribution in [0.1, 0.15) is 102 Å². The molecule has 4 heterocycles. The van der Waals surface area contributed by atoms with E-state index in [1.165, 1.54) is 26.4 Å². The van der Waals surface area contributed by atoms with E-state index >= 15 is 17.6 Å². The van der Waals surface area contributed by atoms with Crippen molar-refractivity contribution < 1.29 is 46.2 Å². The molecule has 1 unspecified atom stereocenters. The number of benzene rings is 2. The number of methoxy groups -OCH3 is 2. The Balaban J connectivity index is 1.08. The Morgan fingerprint density at radius 2 is 1.03 bits per heavy atom. The molecule has 0 radical (unpaired) electrons. The molecular formula is C46H54F4N6O6. The molecule has 7 rings (SSSR count). The van der Waals surface area contributed by atoms with Gasteiger partial charge in [0.05, 0.1) is 26.3 Å². The number of likely N-dealkylation sites (tertiary alicyclic amines) is 2. The zero-order chi connectivity index (χ0) is 45.1. The Bertz CT molecular complexity index is 2150. The summed E-state index contributed by atoms with van der Waals surface area (Å²) in [5.74, 6) is -9.70. The molecule has 2 saturated heterocycles. The average molecular weight is 863 g/mol. The summed E-state index contributed by atoms with van der Waals surface area (Å²) in [7, 11) is 2.45. The maximum Gasteiger partial charge on any atom is 0.407 e. The van der Waals surface area contributed by atoms with Crippen LogP contribution in [-0.2, 0) is 30.9 Å². The molecule has 12 nitrogen and oxygen atoms in total. The first-order chi connectivity index (χ1) is 29.1. The van der Waals surface area contributed by atoms with Crippen molar-refractivity contribution in [1.29, 1.82) is 0 Å². The minimum Gasteiger partial charge on any atom is -0.453 e. The van der Waals surface area contributed by atoms with Crippen molar-refractivity contribution >= 4 is 46.6 Å². The van der Waals surface area contributed by atoms with E-state index in [1.54, 1.807) is 34.3 Å². The minimum atomic E-state index is -4.56. The second-order valence-electron chi connectivity index (χ2n) is 18.8. The predicted molar refractivity (Wildman–Crippen MR) is 227 cm³/mol. The lowest BCUT2D eigenvalue weighted by Crippen LogP contribution is -2.56. The van der Waals surface area contributed by atoms with Crippen LogP contribution in [0, 0.1) is 10.8 Å². The first-order valence-corrected chi connectivity index (χ1v) is 21.0. The second kappa shape index (κ2) is 16.3. The summed E-state index contributed by atoms with van der Waals surface area (Å²) in [6.45, 7) is 11.9. The molecule has 5 aliphatic rings. The van der Waals surface area contributed by atoms with Crippen LogP contribution in [-0.4, -0.2) is 96.7 Å². The van der Waals surface area contributed by atoms with E-state index in [9.17, 15) is 19.2 Å². The number of carbonyl (C=O) groups excluding carboxylic acids is 4. The zero-order valence-corrected chi connectivity index (χ0v) is 36.3. The van der Waals surface area contributed by atoms with Gasteiger partial charge in [0.25, 0.3) is 0 Å². The quantitative estimate of drug-likeness (QED) is 0.255. The van der Waals surface area contributed by atoms with Crippen molar-refractivity contribution in [3.05, 3.63) is 71.1 Å². The van der Waals surface area contributed by atoms with E-state index in [0.29, 0.717) is 72.5 Å². The topological polar surface area (TPSA) is 142 Å². The Labute approximate surface area is 358 Å². The summed E-state index contributed by atoms with van der Waals surface area (Å²) in [6, 6.07) is 5.87. The Hall–Kier alpha value is -5.54. The number of aliphatic imine (C=N–C) groups is 2. The van der Waals surface area contributed by atoms with E-state index in [1.807, 2.05) is 41.5 Å². The fourth-order valence-corrected chi connectivity index (χ4v) is 9.21. The number of hydrogen-bond acceptors (Lipinski definition) is 8. The van der Waals surface area contributed by atoms with Gasteiger partial charge in [0.2, 0.25) is 11.8 Å². The number of allylic oxidation sites excluding steroid dienone is 2. The first-order valence-electron chi connectivity index (χ1n) is 21.0. The van der Waals surface area contributed by atoms with Gasteiger partial charge < -0.3 is 29.9 Å². The summed E-state index contributed by atoms with van der Waals surface area (Å²) in [5, 5.41) is 5.31. The van der Waals surface area contributed by atoms with Crippen molar-refractivity contribution in [2.24, 2.45) is 20.8 Å². The van der Waals surface area contributed by atoms with E-state index < -0.39 is 70.2 Å². The van der Waals surface area contributed by atoms with Gasteiger partial charge in [-0.05, 0) is 82.0 Å². The number of carbonyl (C=O) groups is 4. The Morgan fingerprint density at radius 1 is 0.661 bits per heavy atom. The van der Waals surface area contributed by atoms with E-state index in [-0.39, 0.29) is 35.8 Å². The summed E-state index contributed by atoms with van der Waals surface area (Å²) in [4.78, 5) is 64.5. The second-order valence-corrected chi connectivity index (χ2v) is 18.8. The number of rotatable bonds is 8. The van der Waals surface area contributed by atoms with Crippen LogP contribution in [0.3, 0.4) is 0 Å². The molecule has 0 saturated carbocycles. The summed E-state index contributed by atoms with van der Waals surface area (Å²) < 4.78 is 74.4. The molecule has 2 fully saturated rings. The lowest BCUT2D eigenvalue weighted by molar-refractivity contribution is -0.225. The molecule has 4 atom stereocenters. The molecule has 4 amide bonds. The molecule has 0 bridgehead atoms. The third-order valence-corrected chi connectivity index (χ3v) is 12.6. The maximum absolute atomic E-state index is 16.2. The van der Waals surface area contributed by atoms with Crippen LogP contribution in [0.2, 0.25) is 0 Å². The Morgan fingerprint density at radius 3 is 1.37 bits per heavy atom. The van der Waals surface area contributed by atoms with Crippen molar-refractivity contribution in [3.63, 3.8) is 0 Å². The number of amides is 4. The highest BCUT2D eigenvalue weighted by molar-refractivity contribution is 6.05. The molecule has 2 N–H and O–H groups in total. The Kier molecular flexibility index (Phi) is 11.7. The molecule has 332 valence electrons. The number of nitrogens with zero attached hydrogens (tertiary/aromatic N) is 4. The molecule has 16 heteroatoms. The molecule has 1 aliphatic carbocycles. The fraction of sp³-hybridized carbons (Fsp3) is 0.522. The standard InChI is InChI=1S/C46H54F4N6O6/c1-43(2,3)37(53-41(59)61-7)39(57)55-17-9-11-35(55)33-21-27(23-51-33)25-13-15-29-30-16-14-26(20-32(30)46(49,50)45(47,48)31(29)19-25)28-22-34(52-24-28)36-12-10-18-56(36)40(58)38(44(4,5)6)54-42(60)62-8/h13-16,19-20,23-24,35-38H,9-12,17-18,21-22H2,1-8H3,(H,53,59)(H,54,60)/t35-,36?,37+,38+/m0/s1. The number of fused-ring (bicyclic) bond motifs is 3. The lowest BCUT2D eigenvalue weighted by atomic mass is 9.78. The van der Waals surface area contributed by atoms with Crippen LogP contribution < -0.4 is 10.6 Å². The number of alkyl carbamates (subject to hydrolysis) is 2. The summed E-state index contributed by atoms with van der Waals surface area (Å²) in [5.41, 5.74) is 0.204. The molecule has 0 aromatic heterocycles. The molecular weight excluding hydrogens is 809 g/mol. The third-order valence-electron chi connectivity index (χ3n) is 12.6. The number of halogens is 4. The van der Waals surface area contributed by atoms with Gasteiger partial charge in [0, 0.05) is 60.9 Å². The number of hydrogen-bond donors (Lipinski definition) is 2. The smallest absolute Gasteiger partial charge is 0.407 e. The van der Waals surface area contributed by atoms with Crippen molar-refractivity contribution in [3.8, 4) is 11.1 Å². The van der Waals surface area contributed by atoms with Crippen LogP contribution in [0.25, 0.3) is 22.3 Å². The molecule has 2 aromatic carbocycles. The fourth-order valence-electron chi connectivity index (χ4n) is 9.21. The van der Waals surface area contributed by atoms with Crippen LogP contribution in [0.4, 0.5) is 27.2 Å². The zero-order valence-electron chi connectivity index (χ0n) is 36.3. The van der Waals surface area contributed by atoms with Gasteiger partial charge in [-0.3, -0.25) is 19.6 Å². The van der Waals surface area contributed by atoms with Crippen molar-refractivity contribution in [1.82, 2.24) is 20.4 Å². The highest BCUT2D eigenvalue weighted by atomic mass is 19.3.